The Balaban J connectivity index is 1.54. The van der Waals surface area contributed by atoms with Crippen molar-refractivity contribution in [1.82, 2.24) is 14.7 Å². The van der Waals surface area contributed by atoms with E-state index in [4.69, 9.17) is 0 Å². The van der Waals surface area contributed by atoms with E-state index in [1.54, 1.807) is 0 Å². The van der Waals surface area contributed by atoms with Gasteiger partial charge in [-0.15, -0.1) is 0 Å². The van der Waals surface area contributed by atoms with Gasteiger partial charge in [0, 0.05) is 50.1 Å². The first-order valence-electron chi connectivity index (χ1n) is 9.67. The van der Waals surface area contributed by atoms with Crippen LogP contribution in [0.15, 0.2) is 16.8 Å². The van der Waals surface area contributed by atoms with E-state index in [2.05, 4.69) is 0 Å². The van der Waals surface area contributed by atoms with Crippen molar-refractivity contribution in [3.05, 3.63) is 22.4 Å². The van der Waals surface area contributed by atoms with E-state index < -0.39 is 5.41 Å². The van der Waals surface area contributed by atoms with E-state index in [9.17, 15) is 14.4 Å². The van der Waals surface area contributed by atoms with Crippen LogP contribution in [0.3, 0.4) is 0 Å². The largest absolute Gasteiger partial charge is 0.341 e. The number of piperidine rings is 1. The summed E-state index contributed by atoms with van der Waals surface area (Å²) in [6, 6.07) is 1.84. The van der Waals surface area contributed by atoms with E-state index >= 15 is 0 Å². The number of rotatable bonds is 2. The van der Waals surface area contributed by atoms with Gasteiger partial charge in [0.2, 0.25) is 11.8 Å². The molecule has 2 saturated heterocycles. The van der Waals surface area contributed by atoms with Gasteiger partial charge < -0.3 is 14.7 Å². The summed E-state index contributed by atoms with van der Waals surface area (Å²) in [5, 5.41) is 3.77. The Morgan fingerprint density at radius 3 is 2.26 bits per heavy atom. The summed E-state index contributed by atoms with van der Waals surface area (Å²) >= 11 is 1.52. The second kappa shape index (κ2) is 8.00. The van der Waals surface area contributed by atoms with E-state index in [0.717, 1.165) is 24.9 Å². The number of thiophene rings is 1. The molecule has 0 saturated carbocycles. The molecule has 7 heteroatoms. The van der Waals surface area contributed by atoms with Gasteiger partial charge in [-0.25, -0.2) is 0 Å². The summed E-state index contributed by atoms with van der Waals surface area (Å²) in [6.07, 6.45) is 1.70. The maximum absolute atomic E-state index is 13.0. The first kappa shape index (κ1) is 19.9. The fourth-order valence-electron chi connectivity index (χ4n) is 3.79. The lowest BCUT2D eigenvalue weighted by Gasteiger charge is -2.40. The molecule has 3 rings (SSSR count). The molecule has 3 heterocycles. The Bertz CT molecular complexity index is 688. The van der Waals surface area contributed by atoms with Crippen molar-refractivity contribution in [3.8, 4) is 0 Å². The molecule has 0 radical (unpaired) electrons. The Hall–Kier alpha value is -1.89. The van der Waals surface area contributed by atoms with Crippen molar-refractivity contribution in [2.45, 2.75) is 33.6 Å². The van der Waals surface area contributed by atoms with Crippen molar-refractivity contribution in [2.75, 3.05) is 39.3 Å². The highest BCUT2D eigenvalue weighted by atomic mass is 32.1. The van der Waals surface area contributed by atoms with Crippen LogP contribution in [0.2, 0.25) is 0 Å². The Morgan fingerprint density at radius 2 is 1.67 bits per heavy atom. The molecule has 0 spiro atoms. The van der Waals surface area contributed by atoms with E-state index in [1.165, 1.54) is 11.3 Å². The predicted octanol–water partition coefficient (Wildman–Crippen LogP) is 2.32. The monoisotopic (exact) mass is 391 g/mol. The molecule has 27 heavy (non-hydrogen) atoms. The Kier molecular flexibility index (Phi) is 5.89. The molecule has 148 valence electrons. The predicted molar refractivity (Wildman–Crippen MR) is 106 cm³/mol. The second-order valence-corrected chi connectivity index (χ2v) is 9.25. The average Bonchev–Trinajstić information content (AvgIpc) is 3.20. The fourth-order valence-corrected chi connectivity index (χ4v) is 4.42. The Labute approximate surface area is 165 Å². The first-order chi connectivity index (χ1) is 12.8. The van der Waals surface area contributed by atoms with Crippen LogP contribution in [0, 0.1) is 11.3 Å². The number of carbonyl (C=O) groups is 3. The molecule has 0 aromatic carbocycles. The van der Waals surface area contributed by atoms with Crippen LogP contribution in [0.4, 0.5) is 0 Å². The topological polar surface area (TPSA) is 60.9 Å². The number of hydrogen-bond donors (Lipinski definition) is 0. The quantitative estimate of drug-likeness (QED) is 0.777. The van der Waals surface area contributed by atoms with Crippen LogP contribution in [0.5, 0.6) is 0 Å². The van der Waals surface area contributed by atoms with Crippen molar-refractivity contribution >= 4 is 29.1 Å². The molecule has 6 nitrogen and oxygen atoms in total. The Morgan fingerprint density at radius 1 is 1.00 bits per heavy atom. The molecule has 0 N–H and O–H groups in total. The number of nitrogens with zero attached hydrogens (tertiary/aromatic N) is 3. The summed E-state index contributed by atoms with van der Waals surface area (Å²) in [4.78, 5) is 43.5. The van der Waals surface area contributed by atoms with Crippen LogP contribution >= 0.6 is 11.3 Å². The van der Waals surface area contributed by atoms with Gasteiger partial charge in [-0.3, -0.25) is 14.4 Å². The van der Waals surface area contributed by atoms with Gasteiger partial charge in [0.05, 0.1) is 11.5 Å². The SMILES string of the molecule is CC(C)(C)C(=O)N1CCCC(C(=O)N2CCN(C(=O)c3ccsc3)CC2)C1. The van der Waals surface area contributed by atoms with Gasteiger partial charge in [-0.2, -0.15) is 11.3 Å². The molecule has 2 fully saturated rings. The third-order valence-corrected chi connectivity index (χ3v) is 6.03. The van der Waals surface area contributed by atoms with Crippen molar-refractivity contribution in [3.63, 3.8) is 0 Å². The summed E-state index contributed by atoms with van der Waals surface area (Å²) < 4.78 is 0. The van der Waals surface area contributed by atoms with E-state index in [1.807, 2.05) is 52.3 Å². The summed E-state index contributed by atoms with van der Waals surface area (Å²) in [5.74, 6) is 0.169. The summed E-state index contributed by atoms with van der Waals surface area (Å²) in [6.45, 7) is 9.29. The standard InChI is InChI=1S/C20H29N3O3S/c1-20(2,3)19(26)23-7-4-5-15(13-23)17(24)21-8-10-22(11-9-21)18(25)16-6-12-27-14-16/h6,12,14-15H,4-5,7-11,13H2,1-3H3. The molecular formula is C20H29N3O3S. The molecule has 1 atom stereocenters. The van der Waals surface area contributed by atoms with Gasteiger partial charge in [0.15, 0.2) is 0 Å². The fraction of sp³-hybridized carbons (Fsp3) is 0.650. The molecule has 2 aliphatic rings. The molecule has 0 bridgehead atoms. The average molecular weight is 392 g/mol. The zero-order valence-electron chi connectivity index (χ0n) is 16.4. The van der Waals surface area contributed by atoms with Crippen LogP contribution in [0.1, 0.15) is 44.0 Å². The normalized spacial score (nSPS) is 21.3. The lowest BCUT2D eigenvalue weighted by Crippen LogP contribution is -2.54. The van der Waals surface area contributed by atoms with Gasteiger partial charge >= 0.3 is 0 Å². The van der Waals surface area contributed by atoms with Crippen molar-refractivity contribution in [2.24, 2.45) is 11.3 Å². The zero-order valence-corrected chi connectivity index (χ0v) is 17.3. The van der Waals surface area contributed by atoms with Crippen molar-refractivity contribution in [1.29, 1.82) is 0 Å². The van der Waals surface area contributed by atoms with E-state index in [-0.39, 0.29) is 23.6 Å². The first-order valence-corrected chi connectivity index (χ1v) is 10.6. The number of likely N-dealkylation sites (tertiary alicyclic amines) is 1. The highest BCUT2D eigenvalue weighted by Gasteiger charge is 2.36. The molecule has 1 unspecified atom stereocenters. The van der Waals surface area contributed by atoms with Crippen LogP contribution < -0.4 is 0 Å². The third-order valence-electron chi connectivity index (χ3n) is 5.35. The minimum absolute atomic E-state index is 0.0444. The zero-order chi connectivity index (χ0) is 19.6. The highest BCUT2D eigenvalue weighted by molar-refractivity contribution is 7.08. The van der Waals surface area contributed by atoms with Gasteiger partial charge in [-0.1, -0.05) is 20.8 Å². The van der Waals surface area contributed by atoms with Crippen LogP contribution in [-0.2, 0) is 9.59 Å². The smallest absolute Gasteiger partial charge is 0.254 e. The highest BCUT2D eigenvalue weighted by Crippen LogP contribution is 2.25. The lowest BCUT2D eigenvalue weighted by molar-refractivity contribution is -0.146. The van der Waals surface area contributed by atoms with Crippen LogP contribution in [0.25, 0.3) is 0 Å². The molecule has 1 aromatic heterocycles. The molecular weight excluding hydrogens is 362 g/mol. The molecule has 0 aliphatic carbocycles. The molecule has 2 aliphatic heterocycles. The minimum Gasteiger partial charge on any atom is -0.341 e. The maximum atomic E-state index is 13.0. The van der Waals surface area contributed by atoms with E-state index in [0.29, 0.717) is 32.7 Å². The number of hydrogen-bond acceptors (Lipinski definition) is 4. The second-order valence-electron chi connectivity index (χ2n) is 8.47. The number of amides is 3. The third kappa shape index (κ3) is 4.51. The van der Waals surface area contributed by atoms with Crippen molar-refractivity contribution < 1.29 is 14.4 Å². The van der Waals surface area contributed by atoms with Gasteiger partial charge in [0.1, 0.15) is 0 Å². The number of carbonyl (C=O) groups excluding carboxylic acids is 3. The summed E-state index contributed by atoms with van der Waals surface area (Å²) in [5.41, 5.74) is 0.307. The molecule has 1 aromatic rings. The molecule has 3 amide bonds. The van der Waals surface area contributed by atoms with Gasteiger partial charge in [-0.05, 0) is 24.3 Å². The number of piperazine rings is 1. The summed E-state index contributed by atoms with van der Waals surface area (Å²) in [7, 11) is 0. The minimum atomic E-state index is -0.418. The van der Waals surface area contributed by atoms with Crippen LogP contribution in [-0.4, -0.2) is 71.7 Å². The maximum Gasteiger partial charge on any atom is 0.254 e. The van der Waals surface area contributed by atoms with Gasteiger partial charge in [0.25, 0.3) is 5.91 Å². The lowest BCUT2D eigenvalue weighted by atomic mass is 9.90.